The van der Waals surface area contributed by atoms with Crippen molar-refractivity contribution in [2.75, 3.05) is 17.7 Å². The van der Waals surface area contributed by atoms with Crippen molar-refractivity contribution in [3.8, 4) is 5.75 Å². The molecule has 0 aromatic heterocycles. The smallest absolute Gasteiger partial charge is 0.227 e. The van der Waals surface area contributed by atoms with E-state index in [-0.39, 0.29) is 11.8 Å². The number of anilines is 3. The molecule has 1 aliphatic carbocycles. The Balaban J connectivity index is 1.67. The number of benzene rings is 2. The number of hydrogen-bond acceptors (Lipinski definition) is 3. The first-order valence-corrected chi connectivity index (χ1v) is 7.98. The third kappa shape index (κ3) is 3.65. The van der Waals surface area contributed by atoms with E-state index in [9.17, 15) is 4.79 Å². The summed E-state index contributed by atoms with van der Waals surface area (Å²) in [6.45, 7) is 2.05. The number of methoxy groups -OCH3 is 1. The van der Waals surface area contributed by atoms with E-state index in [4.69, 9.17) is 4.74 Å². The van der Waals surface area contributed by atoms with Crippen LogP contribution in [0.2, 0.25) is 0 Å². The fourth-order valence-electron chi connectivity index (χ4n) is 2.63. The molecule has 1 saturated carbocycles. The number of hydrogen-bond donors (Lipinski definition) is 2. The van der Waals surface area contributed by atoms with Gasteiger partial charge in [0.05, 0.1) is 12.8 Å². The van der Waals surface area contributed by atoms with E-state index in [1.54, 1.807) is 7.11 Å². The summed E-state index contributed by atoms with van der Waals surface area (Å²) >= 11 is 0. The summed E-state index contributed by atoms with van der Waals surface area (Å²) < 4.78 is 5.37. The molecular weight excluding hydrogens is 288 g/mol. The molecule has 1 amide bonds. The largest absolute Gasteiger partial charge is 0.495 e. The summed E-state index contributed by atoms with van der Waals surface area (Å²) in [5.41, 5.74) is 3.88. The van der Waals surface area contributed by atoms with Gasteiger partial charge in [0, 0.05) is 17.3 Å². The second-order valence-corrected chi connectivity index (χ2v) is 6.02. The van der Waals surface area contributed by atoms with Crippen LogP contribution in [-0.4, -0.2) is 13.0 Å². The minimum Gasteiger partial charge on any atom is -0.495 e. The molecule has 3 rings (SSSR count). The van der Waals surface area contributed by atoms with Crippen LogP contribution in [0.1, 0.15) is 24.8 Å². The van der Waals surface area contributed by atoms with E-state index in [2.05, 4.69) is 10.6 Å². The molecule has 2 aromatic rings. The Kier molecular flexibility index (Phi) is 4.51. The van der Waals surface area contributed by atoms with Gasteiger partial charge in [0.25, 0.3) is 0 Å². The van der Waals surface area contributed by atoms with Gasteiger partial charge in [-0.3, -0.25) is 4.79 Å². The van der Waals surface area contributed by atoms with Crippen LogP contribution in [0, 0.1) is 12.8 Å². The number of carbonyl (C=O) groups is 1. The molecule has 1 fully saturated rings. The van der Waals surface area contributed by atoms with Crippen LogP contribution < -0.4 is 15.4 Å². The Bertz CT molecular complexity index is 691. The number of amides is 1. The molecule has 2 aromatic carbocycles. The van der Waals surface area contributed by atoms with Crippen molar-refractivity contribution in [1.82, 2.24) is 0 Å². The van der Waals surface area contributed by atoms with Gasteiger partial charge >= 0.3 is 0 Å². The average molecular weight is 310 g/mol. The molecule has 23 heavy (non-hydrogen) atoms. The molecule has 0 saturated heterocycles. The highest BCUT2D eigenvalue weighted by atomic mass is 16.5. The third-order valence-corrected chi connectivity index (χ3v) is 4.26. The third-order valence-electron chi connectivity index (χ3n) is 4.26. The molecule has 0 unspecified atom stereocenters. The zero-order valence-electron chi connectivity index (χ0n) is 13.6. The Labute approximate surface area is 136 Å². The molecule has 0 spiro atoms. The Morgan fingerprint density at radius 1 is 1.09 bits per heavy atom. The summed E-state index contributed by atoms with van der Waals surface area (Å²) in [5.74, 6) is 1.14. The van der Waals surface area contributed by atoms with Crippen molar-refractivity contribution in [2.24, 2.45) is 5.92 Å². The van der Waals surface area contributed by atoms with Gasteiger partial charge in [0.2, 0.25) is 5.91 Å². The van der Waals surface area contributed by atoms with Crippen LogP contribution in [-0.2, 0) is 4.79 Å². The molecule has 0 radical (unpaired) electrons. The molecule has 0 heterocycles. The van der Waals surface area contributed by atoms with E-state index in [1.807, 2.05) is 49.4 Å². The number of carbonyl (C=O) groups excluding carboxylic acids is 1. The van der Waals surface area contributed by atoms with E-state index in [1.165, 1.54) is 6.42 Å². The number of ether oxygens (including phenoxy) is 1. The molecule has 2 N–H and O–H groups in total. The zero-order valence-corrected chi connectivity index (χ0v) is 13.6. The first-order chi connectivity index (χ1) is 11.2. The summed E-state index contributed by atoms with van der Waals surface area (Å²) in [4.78, 5) is 11.9. The van der Waals surface area contributed by atoms with Crippen LogP contribution in [0.5, 0.6) is 5.75 Å². The maximum Gasteiger partial charge on any atom is 0.227 e. The SMILES string of the molecule is COc1ccc(C)cc1Nc1ccc(NC(=O)C2CCC2)cc1. The second-order valence-electron chi connectivity index (χ2n) is 6.02. The lowest BCUT2D eigenvalue weighted by atomic mass is 9.85. The van der Waals surface area contributed by atoms with Crippen molar-refractivity contribution < 1.29 is 9.53 Å². The van der Waals surface area contributed by atoms with Gasteiger partial charge < -0.3 is 15.4 Å². The molecule has 0 atom stereocenters. The maximum absolute atomic E-state index is 11.9. The molecule has 0 aliphatic heterocycles. The molecule has 0 bridgehead atoms. The topological polar surface area (TPSA) is 50.4 Å². The van der Waals surface area contributed by atoms with Gasteiger partial charge in [-0.2, -0.15) is 0 Å². The lowest BCUT2D eigenvalue weighted by molar-refractivity contribution is -0.122. The maximum atomic E-state index is 11.9. The Morgan fingerprint density at radius 2 is 1.78 bits per heavy atom. The molecule has 4 nitrogen and oxygen atoms in total. The van der Waals surface area contributed by atoms with Gasteiger partial charge in [-0.05, 0) is 61.7 Å². The second kappa shape index (κ2) is 6.73. The summed E-state index contributed by atoms with van der Waals surface area (Å²) in [6, 6.07) is 13.8. The zero-order chi connectivity index (χ0) is 16.2. The first-order valence-electron chi connectivity index (χ1n) is 7.98. The average Bonchev–Trinajstić information content (AvgIpc) is 2.48. The monoisotopic (exact) mass is 310 g/mol. The van der Waals surface area contributed by atoms with Crippen LogP contribution in [0.4, 0.5) is 17.1 Å². The van der Waals surface area contributed by atoms with Gasteiger partial charge in [0.15, 0.2) is 0 Å². The van der Waals surface area contributed by atoms with Crippen molar-refractivity contribution >= 4 is 23.0 Å². The Morgan fingerprint density at radius 3 is 2.39 bits per heavy atom. The van der Waals surface area contributed by atoms with Crippen LogP contribution in [0.25, 0.3) is 0 Å². The number of aryl methyl sites for hydroxylation is 1. The minimum atomic E-state index is 0.136. The van der Waals surface area contributed by atoms with Gasteiger partial charge in [-0.15, -0.1) is 0 Å². The van der Waals surface area contributed by atoms with Crippen LogP contribution in [0.15, 0.2) is 42.5 Å². The quantitative estimate of drug-likeness (QED) is 0.855. The predicted octanol–water partition coefficient (Wildman–Crippen LogP) is 4.49. The number of nitrogens with one attached hydrogen (secondary N) is 2. The van der Waals surface area contributed by atoms with E-state index in [0.29, 0.717) is 0 Å². The molecule has 1 aliphatic rings. The van der Waals surface area contributed by atoms with Gasteiger partial charge in [-0.1, -0.05) is 12.5 Å². The first kappa shape index (κ1) is 15.4. The highest BCUT2D eigenvalue weighted by Gasteiger charge is 2.24. The van der Waals surface area contributed by atoms with Crippen molar-refractivity contribution in [3.63, 3.8) is 0 Å². The standard InChI is InChI=1S/C19H22N2O2/c1-13-6-11-18(23-2)17(12-13)20-15-7-9-16(10-8-15)21-19(22)14-4-3-5-14/h6-12,14,20H,3-5H2,1-2H3,(H,21,22). The fraction of sp³-hybridized carbons (Fsp3) is 0.316. The van der Waals surface area contributed by atoms with Crippen LogP contribution >= 0.6 is 0 Å². The highest BCUT2D eigenvalue weighted by Crippen LogP contribution is 2.30. The molecular formula is C19H22N2O2. The molecule has 120 valence electrons. The minimum absolute atomic E-state index is 0.136. The van der Waals surface area contributed by atoms with Crippen molar-refractivity contribution in [1.29, 1.82) is 0 Å². The van der Waals surface area contributed by atoms with E-state index < -0.39 is 0 Å². The van der Waals surface area contributed by atoms with Gasteiger partial charge in [-0.25, -0.2) is 0 Å². The summed E-state index contributed by atoms with van der Waals surface area (Å²) in [6.07, 6.45) is 3.19. The lowest BCUT2D eigenvalue weighted by Crippen LogP contribution is -2.27. The van der Waals surface area contributed by atoms with Gasteiger partial charge in [0.1, 0.15) is 5.75 Å². The molecule has 4 heteroatoms. The Hall–Kier alpha value is -2.49. The lowest BCUT2D eigenvalue weighted by Gasteiger charge is -2.24. The highest BCUT2D eigenvalue weighted by molar-refractivity contribution is 5.93. The summed E-state index contributed by atoms with van der Waals surface area (Å²) in [7, 11) is 1.66. The van der Waals surface area contributed by atoms with E-state index in [0.717, 1.165) is 41.2 Å². The predicted molar refractivity (Wildman–Crippen MR) is 93.4 cm³/mol. The van der Waals surface area contributed by atoms with Crippen LogP contribution in [0.3, 0.4) is 0 Å². The van der Waals surface area contributed by atoms with Crippen molar-refractivity contribution in [3.05, 3.63) is 48.0 Å². The van der Waals surface area contributed by atoms with E-state index >= 15 is 0 Å². The van der Waals surface area contributed by atoms with Crippen molar-refractivity contribution in [2.45, 2.75) is 26.2 Å². The summed E-state index contributed by atoms with van der Waals surface area (Å²) in [5, 5.41) is 6.33. The normalized spacial score (nSPS) is 14.0. The fourth-order valence-corrected chi connectivity index (χ4v) is 2.63. The number of rotatable bonds is 5.